The first-order valence-corrected chi connectivity index (χ1v) is 8.48. The van der Waals surface area contributed by atoms with E-state index in [1.165, 1.54) is 18.2 Å². The maximum Gasteiger partial charge on any atom is 0.238 e. The number of hydrogen-bond donors (Lipinski definition) is 2. The molecule has 0 aliphatic carbocycles. The molecule has 0 radical (unpaired) electrons. The molecule has 4 N–H and O–H groups in total. The first-order valence-electron chi connectivity index (χ1n) is 6.93. The zero-order chi connectivity index (χ0) is 16.2. The molecule has 21 heavy (non-hydrogen) atoms. The number of sulfonamides is 1. The van der Waals surface area contributed by atoms with Crippen LogP contribution in [-0.2, 0) is 10.0 Å². The average Bonchev–Trinajstić information content (AvgIpc) is 2.34. The maximum absolute atomic E-state index is 11.3. The van der Waals surface area contributed by atoms with Crippen molar-refractivity contribution >= 4 is 15.7 Å². The van der Waals surface area contributed by atoms with Gasteiger partial charge in [0, 0.05) is 24.7 Å². The van der Waals surface area contributed by atoms with Gasteiger partial charge < -0.3 is 10.5 Å². The number of anilines is 1. The smallest absolute Gasteiger partial charge is 0.238 e. The molecule has 1 rings (SSSR count). The van der Waals surface area contributed by atoms with Gasteiger partial charge >= 0.3 is 0 Å². The molecule has 0 saturated carbocycles. The van der Waals surface area contributed by atoms with Gasteiger partial charge in [-0.15, -0.1) is 0 Å². The molecule has 0 spiro atoms. The van der Waals surface area contributed by atoms with E-state index in [-0.39, 0.29) is 4.90 Å². The monoisotopic (exact) mass is 315 g/mol. The quantitative estimate of drug-likeness (QED) is 0.741. The fraction of sp³-hybridized carbons (Fsp3) is 0.571. The molecule has 1 aromatic carbocycles. The molecule has 0 saturated heterocycles. The van der Waals surface area contributed by atoms with Gasteiger partial charge in [-0.3, -0.25) is 4.90 Å². The Labute approximate surface area is 127 Å². The van der Waals surface area contributed by atoms with Crippen molar-refractivity contribution in [3.8, 4) is 5.75 Å². The molecular formula is C14H25N3O3S. The highest BCUT2D eigenvalue weighted by Gasteiger charge is 2.14. The summed E-state index contributed by atoms with van der Waals surface area (Å²) < 4.78 is 28.3. The summed E-state index contributed by atoms with van der Waals surface area (Å²) in [6.07, 6.45) is 0. The molecule has 0 aromatic heterocycles. The Morgan fingerprint density at radius 3 is 2.24 bits per heavy atom. The molecule has 0 fully saturated rings. The van der Waals surface area contributed by atoms with E-state index < -0.39 is 10.0 Å². The van der Waals surface area contributed by atoms with Gasteiger partial charge in [-0.2, -0.15) is 0 Å². The third-order valence-electron chi connectivity index (χ3n) is 3.25. The van der Waals surface area contributed by atoms with Crippen LogP contribution in [0, 0.1) is 0 Å². The van der Waals surface area contributed by atoms with Crippen LogP contribution < -0.4 is 15.6 Å². The summed E-state index contributed by atoms with van der Waals surface area (Å²) in [6, 6.07) is 5.02. The highest BCUT2D eigenvalue weighted by Crippen LogP contribution is 2.24. The van der Waals surface area contributed by atoms with Crippen molar-refractivity contribution in [3.63, 3.8) is 0 Å². The lowest BCUT2D eigenvalue weighted by Gasteiger charge is -2.30. The summed E-state index contributed by atoms with van der Waals surface area (Å²) in [5.41, 5.74) is 6.19. The van der Waals surface area contributed by atoms with Gasteiger partial charge in [0.25, 0.3) is 0 Å². The van der Waals surface area contributed by atoms with Gasteiger partial charge in [-0.1, -0.05) is 0 Å². The number of nitrogens with zero attached hydrogens (tertiary/aromatic N) is 1. The largest absolute Gasteiger partial charge is 0.490 e. The minimum Gasteiger partial charge on any atom is -0.490 e. The number of nitrogens with two attached hydrogens (primary N) is 2. The van der Waals surface area contributed by atoms with Crippen LogP contribution in [0.5, 0.6) is 5.75 Å². The van der Waals surface area contributed by atoms with E-state index in [0.29, 0.717) is 30.1 Å². The number of hydrogen-bond acceptors (Lipinski definition) is 5. The predicted octanol–water partition coefficient (Wildman–Crippen LogP) is 1.41. The number of nitrogen functional groups attached to an aromatic ring is 1. The van der Waals surface area contributed by atoms with E-state index in [1.54, 1.807) is 0 Å². The third kappa shape index (κ3) is 5.18. The molecule has 120 valence electrons. The number of primary sulfonamides is 1. The number of ether oxygens (including phenoxy) is 1. The Hall–Kier alpha value is -1.31. The second kappa shape index (κ2) is 7.11. The van der Waals surface area contributed by atoms with E-state index in [1.807, 2.05) is 0 Å². The number of rotatable bonds is 7. The van der Waals surface area contributed by atoms with Crippen molar-refractivity contribution in [2.75, 3.05) is 18.9 Å². The van der Waals surface area contributed by atoms with Gasteiger partial charge in [0.1, 0.15) is 12.4 Å². The third-order valence-corrected chi connectivity index (χ3v) is 4.16. The van der Waals surface area contributed by atoms with Crippen molar-refractivity contribution in [2.45, 2.75) is 44.7 Å². The fourth-order valence-corrected chi connectivity index (χ4v) is 2.72. The molecule has 0 amide bonds. The van der Waals surface area contributed by atoms with Crippen molar-refractivity contribution in [1.29, 1.82) is 0 Å². The van der Waals surface area contributed by atoms with Gasteiger partial charge in [0.2, 0.25) is 10.0 Å². The summed E-state index contributed by atoms with van der Waals surface area (Å²) in [5.74, 6) is 0.342. The van der Waals surface area contributed by atoms with Crippen LogP contribution in [0.25, 0.3) is 0 Å². The molecule has 0 heterocycles. The Bertz CT molecular complexity index is 563. The molecular weight excluding hydrogens is 290 g/mol. The molecule has 0 bridgehead atoms. The summed E-state index contributed by atoms with van der Waals surface area (Å²) in [7, 11) is -3.76. The van der Waals surface area contributed by atoms with E-state index in [2.05, 4.69) is 32.6 Å². The highest BCUT2D eigenvalue weighted by molar-refractivity contribution is 7.89. The zero-order valence-electron chi connectivity index (χ0n) is 13.0. The van der Waals surface area contributed by atoms with Gasteiger partial charge in [0.05, 0.1) is 10.6 Å². The lowest BCUT2D eigenvalue weighted by atomic mass is 10.2. The first kappa shape index (κ1) is 17.7. The molecule has 7 heteroatoms. The van der Waals surface area contributed by atoms with Crippen LogP contribution >= 0.6 is 0 Å². The summed E-state index contributed by atoms with van der Waals surface area (Å²) in [5, 5.41) is 5.10. The summed E-state index contributed by atoms with van der Waals surface area (Å²) >= 11 is 0. The van der Waals surface area contributed by atoms with Crippen LogP contribution in [-0.4, -0.2) is 38.6 Å². The van der Waals surface area contributed by atoms with E-state index >= 15 is 0 Å². The molecule has 1 aromatic rings. The van der Waals surface area contributed by atoms with Gasteiger partial charge in [-0.25, -0.2) is 13.6 Å². The molecule has 6 nitrogen and oxygen atoms in total. The molecule has 0 unspecified atom stereocenters. The normalized spacial score (nSPS) is 12.4. The Balaban J connectivity index is 2.76. The van der Waals surface area contributed by atoms with Crippen molar-refractivity contribution < 1.29 is 13.2 Å². The zero-order valence-corrected chi connectivity index (χ0v) is 13.9. The van der Waals surface area contributed by atoms with Crippen LogP contribution in [0.15, 0.2) is 23.1 Å². The van der Waals surface area contributed by atoms with E-state index in [9.17, 15) is 8.42 Å². The minimum atomic E-state index is -3.76. The summed E-state index contributed by atoms with van der Waals surface area (Å²) in [4.78, 5) is 2.27. The van der Waals surface area contributed by atoms with Crippen LogP contribution in [0.4, 0.5) is 5.69 Å². The second-order valence-electron chi connectivity index (χ2n) is 5.52. The maximum atomic E-state index is 11.3. The molecule has 0 atom stereocenters. The van der Waals surface area contributed by atoms with Crippen LogP contribution in [0.3, 0.4) is 0 Å². The average molecular weight is 315 g/mol. The topological polar surface area (TPSA) is 98.6 Å². The Morgan fingerprint density at radius 1 is 1.19 bits per heavy atom. The lowest BCUT2D eigenvalue weighted by molar-refractivity contribution is 0.142. The first-order chi connectivity index (χ1) is 9.62. The van der Waals surface area contributed by atoms with Crippen molar-refractivity contribution in [2.24, 2.45) is 5.14 Å². The van der Waals surface area contributed by atoms with Crippen molar-refractivity contribution in [3.05, 3.63) is 18.2 Å². The van der Waals surface area contributed by atoms with Crippen LogP contribution in [0.1, 0.15) is 27.7 Å². The Kier molecular flexibility index (Phi) is 6.00. The second-order valence-corrected chi connectivity index (χ2v) is 7.08. The number of benzene rings is 1. The predicted molar refractivity (Wildman–Crippen MR) is 84.7 cm³/mol. The van der Waals surface area contributed by atoms with Crippen molar-refractivity contribution in [1.82, 2.24) is 4.90 Å². The van der Waals surface area contributed by atoms with Gasteiger partial charge in [-0.05, 0) is 39.8 Å². The molecule has 0 aliphatic rings. The van der Waals surface area contributed by atoms with E-state index in [4.69, 9.17) is 15.6 Å². The SMILES string of the molecule is CC(C)N(CCOc1cc(S(N)(=O)=O)ccc1N)C(C)C. The van der Waals surface area contributed by atoms with E-state index in [0.717, 1.165) is 6.54 Å². The highest BCUT2D eigenvalue weighted by atomic mass is 32.2. The van der Waals surface area contributed by atoms with Crippen LogP contribution in [0.2, 0.25) is 0 Å². The standard InChI is InChI=1S/C14H25N3O3S/c1-10(2)17(11(3)4)7-8-20-14-9-12(21(16,18)19)5-6-13(14)15/h5-6,9-11H,7-8,15H2,1-4H3,(H2,16,18,19). The molecule has 0 aliphatic heterocycles. The Morgan fingerprint density at radius 2 is 1.76 bits per heavy atom. The fourth-order valence-electron chi connectivity index (χ4n) is 2.19. The minimum absolute atomic E-state index is 0.00345. The van der Waals surface area contributed by atoms with Gasteiger partial charge in [0.15, 0.2) is 0 Å². The lowest BCUT2D eigenvalue weighted by Crippen LogP contribution is -2.39. The summed E-state index contributed by atoms with van der Waals surface area (Å²) in [6.45, 7) is 9.64.